The van der Waals surface area contributed by atoms with Crippen molar-refractivity contribution in [1.82, 2.24) is 15.5 Å². The molecule has 0 spiro atoms. The second kappa shape index (κ2) is 14.3. The molecule has 0 aromatic heterocycles. The topological polar surface area (TPSA) is 58.1 Å². The third-order valence-corrected chi connectivity index (χ3v) is 4.69. The fourth-order valence-electron chi connectivity index (χ4n) is 2.67. The molecule has 0 amide bonds. The van der Waals surface area contributed by atoms with Gasteiger partial charge in [-0.3, -0.25) is 4.99 Å². The number of aliphatic imine (C=N–C) groups is 1. The maximum absolute atomic E-state index is 6.30. The molecule has 166 valence electrons. The Morgan fingerprint density at radius 2 is 1.90 bits per heavy atom. The van der Waals surface area contributed by atoms with Gasteiger partial charge in [0, 0.05) is 31.7 Å². The Balaban J connectivity index is 0.00000450. The van der Waals surface area contributed by atoms with E-state index in [4.69, 9.17) is 21.1 Å². The van der Waals surface area contributed by atoms with E-state index in [0.29, 0.717) is 18.2 Å². The lowest BCUT2D eigenvalue weighted by Crippen LogP contribution is -2.37. The molecule has 0 bridgehead atoms. The molecular weight excluding hydrogens is 515 g/mol. The van der Waals surface area contributed by atoms with Crippen molar-refractivity contribution in [3.8, 4) is 11.5 Å². The van der Waals surface area contributed by atoms with Crippen molar-refractivity contribution in [2.24, 2.45) is 4.99 Å². The molecule has 0 saturated heterocycles. The summed E-state index contributed by atoms with van der Waals surface area (Å²) in [6.45, 7) is 2.94. The third kappa shape index (κ3) is 9.40. The van der Waals surface area contributed by atoms with E-state index < -0.39 is 0 Å². The van der Waals surface area contributed by atoms with Crippen LogP contribution in [0.25, 0.3) is 0 Å². The molecule has 6 nitrogen and oxygen atoms in total. The highest BCUT2D eigenvalue weighted by Crippen LogP contribution is 2.22. The van der Waals surface area contributed by atoms with Crippen molar-refractivity contribution >= 4 is 41.5 Å². The van der Waals surface area contributed by atoms with Crippen LogP contribution >= 0.6 is 35.6 Å². The highest BCUT2D eigenvalue weighted by Gasteiger charge is 2.04. The minimum absolute atomic E-state index is 0. The van der Waals surface area contributed by atoms with E-state index in [9.17, 15) is 0 Å². The Morgan fingerprint density at radius 1 is 1.10 bits per heavy atom. The molecule has 30 heavy (non-hydrogen) atoms. The largest absolute Gasteiger partial charge is 0.497 e. The number of halogens is 2. The first-order valence-electron chi connectivity index (χ1n) is 9.65. The fraction of sp³-hybridized carbons (Fsp3) is 0.409. The molecule has 0 radical (unpaired) electrons. The first-order valence-corrected chi connectivity index (χ1v) is 10.0. The lowest BCUT2D eigenvalue weighted by atomic mass is 10.1. The molecule has 2 rings (SSSR count). The normalized spacial score (nSPS) is 11.1. The maximum Gasteiger partial charge on any atom is 0.191 e. The van der Waals surface area contributed by atoms with E-state index in [1.165, 1.54) is 0 Å². The number of hydrogen-bond donors (Lipinski definition) is 2. The number of methoxy groups -OCH3 is 1. The van der Waals surface area contributed by atoms with Crippen molar-refractivity contribution in [1.29, 1.82) is 0 Å². The van der Waals surface area contributed by atoms with Crippen molar-refractivity contribution in [2.75, 3.05) is 47.9 Å². The van der Waals surface area contributed by atoms with Gasteiger partial charge in [0.2, 0.25) is 0 Å². The Morgan fingerprint density at radius 3 is 2.57 bits per heavy atom. The zero-order valence-electron chi connectivity index (χ0n) is 18.1. The summed E-state index contributed by atoms with van der Waals surface area (Å²) in [4.78, 5) is 6.38. The van der Waals surface area contributed by atoms with Gasteiger partial charge >= 0.3 is 0 Å². The lowest BCUT2D eigenvalue weighted by Gasteiger charge is -2.14. The van der Waals surface area contributed by atoms with Gasteiger partial charge in [-0.15, -0.1) is 24.0 Å². The molecule has 0 atom stereocenters. The second-order valence-electron chi connectivity index (χ2n) is 6.86. The molecule has 0 aliphatic carbocycles. The highest BCUT2D eigenvalue weighted by atomic mass is 127. The van der Waals surface area contributed by atoms with Crippen LogP contribution in [-0.4, -0.2) is 58.8 Å². The number of ether oxygens (including phenoxy) is 2. The average molecular weight is 547 g/mol. The Labute approximate surface area is 202 Å². The first kappa shape index (κ1) is 26.3. The van der Waals surface area contributed by atoms with Gasteiger partial charge in [-0.25, -0.2) is 0 Å². The monoisotopic (exact) mass is 546 g/mol. The van der Waals surface area contributed by atoms with Crippen molar-refractivity contribution < 1.29 is 9.47 Å². The van der Waals surface area contributed by atoms with Gasteiger partial charge in [0.1, 0.15) is 18.1 Å². The molecule has 0 fully saturated rings. The minimum Gasteiger partial charge on any atom is -0.497 e. The second-order valence-corrected chi connectivity index (χ2v) is 7.27. The van der Waals surface area contributed by atoms with Gasteiger partial charge in [0.05, 0.1) is 7.11 Å². The van der Waals surface area contributed by atoms with E-state index >= 15 is 0 Å². The number of benzene rings is 2. The van der Waals surface area contributed by atoms with Crippen LogP contribution in [-0.2, 0) is 13.0 Å². The number of rotatable bonds is 10. The number of likely N-dealkylation sites (N-methyl/N-ethyl adjacent to an activating group) is 1. The number of nitrogens with one attached hydrogen (secondary N) is 2. The average Bonchev–Trinajstić information content (AvgIpc) is 2.71. The van der Waals surface area contributed by atoms with Crippen LogP contribution in [0.3, 0.4) is 0 Å². The quantitative estimate of drug-likeness (QED) is 0.270. The van der Waals surface area contributed by atoms with Crippen LogP contribution in [0.4, 0.5) is 0 Å². The zero-order chi connectivity index (χ0) is 21.1. The number of guanidine groups is 1. The molecule has 2 aromatic carbocycles. The lowest BCUT2D eigenvalue weighted by molar-refractivity contribution is 0.261. The summed E-state index contributed by atoms with van der Waals surface area (Å²) in [6.07, 6.45) is 0.790. The summed E-state index contributed by atoms with van der Waals surface area (Å²) in [5.41, 5.74) is 2.20. The van der Waals surface area contributed by atoms with Crippen molar-refractivity contribution in [3.05, 3.63) is 58.6 Å². The van der Waals surface area contributed by atoms with E-state index in [1.807, 2.05) is 50.5 Å². The SMILES string of the molecule is CN=C(NCCc1ccc(OC)cc1Cl)NCc1cccc(OCCN(C)C)c1.I. The maximum atomic E-state index is 6.30. The molecule has 2 N–H and O–H groups in total. The molecule has 0 aliphatic rings. The van der Waals surface area contributed by atoms with E-state index in [0.717, 1.165) is 48.1 Å². The van der Waals surface area contributed by atoms with Gasteiger partial charge in [0.25, 0.3) is 0 Å². The third-order valence-electron chi connectivity index (χ3n) is 4.34. The van der Waals surface area contributed by atoms with Gasteiger partial charge < -0.3 is 25.0 Å². The van der Waals surface area contributed by atoms with Crippen molar-refractivity contribution in [3.63, 3.8) is 0 Å². The van der Waals surface area contributed by atoms with Crippen LogP contribution in [0.2, 0.25) is 5.02 Å². The van der Waals surface area contributed by atoms with Gasteiger partial charge in [0.15, 0.2) is 5.96 Å². The zero-order valence-corrected chi connectivity index (χ0v) is 21.2. The summed E-state index contributed by atoms with van der Waals surface area (Å²) < 4.78 is 11.0. The van der Waals surface area contributed by atoms with Crippen LogP contribution in [0.1, 0.15) is 11.1 Å². The Hall–Kier alpha value is -1.71. The van der Waals surface area contributed by atoms with Gasteiger partial charge in [-0.05, 0) is 55.9 Å². The first-order chi connectivity index (χ1) is 14.0. The van der Waals surface area contributed by atoms with Gasteiger partial charge in [-0.2, -0.15) is 0 Å². The van der Waals surface area contributed by atoms with E-state index in [2.05, 4.69) is 26.6 Å². The van der Waals surface area contributed by atoms with Gasteiger partial charge in [-0.1, -0.05) is 29.8 Å². The summed E-state index contributed by atoms with van der Waals surface area (Å²) in [5, 5.41) is 7.35. The predicted molar refractivity (Wildman–Crippen MR) is 136 cm³/mol. The molecular formula is C22H32ClIN4O2. The molecule has 8 heteroatoms. The van der Waals surface area contributed by atoms with Crippen LogP contribution in [0.5, 0.6) is 11.5 Å². The predicted octanol–water partition coefficient (Wildman–Crippen LogP) is 3.81. The highest BCUT2D eigenvalue weighted by molar-refractivity contribution is 14.0. The number of hydrogen-bond acceptors (Lipinski definition) is 4. The summed E-state index contributed by atoms with van der Waals surface area (Å²) >= 11 is 6.30. The summed E-state index contributed by atoms with van der Waals surface area (Å²) in [5.74, 6) is 2.38. The molecule has 0 saturated carbocycles. The smallest absolute Gasteiger partial charge is 0.191 e. The molecule has 0 aliphatic heterocycles. The van der Waals surface area contributed by atoms with E-state index in [-0.39, 0.29) is 24.0 Å². The van der Waals surface area contributed by atoms with Crippen molar-refractivity contribution in [2.45, 2.75) is 13.0 Å². The minimum atomic E-state index is 0. The standard InChI is InChI=1S/C22H31ClN4O2.HI/c1-24-22(25-11-10-18-8-9-19(28-4)15-21(18)23)26-16-17-6-5-7-20(14-17)29-13-12-27(2)3;/h5-9,14-15H,10-13,16H2,1-4H3,(H2,24,25,26);1H. The molecule has 0 unspecified atom stereocenters. The van der Waals surface area contributed by atoms with Crippen LogP contribution in [0, 0.1) is 0 Å². The number of nitrogens with zero attached hydrogens (tertiary/aromatic N) is 2. The summed E-state index contributed by atoms with van der Waals surface area (Å²) in [6, 6.07) is 13.8. The van der Waals surface area contributed by atoms with Crippen LogP contribution in [0.15, 0.2) is 47.5 Å². The van der Waals surface area contributed by atoms with E-state index in [1.54, 1.807) is 14.2 Å². The summed E-state index contributed by atoms with van der Waals surface area (Å²) in [7, 11) is 7.46. The van der Waals surface area contributed by atoms with Crippen LogP contribution < -0.4 is 20.1 Å². The Bertz CT molecular complexity index is 802. The molecule has 0 heterocycles. The Kier molecular flexibility index (Phi) is 12.6. The molecule has 2 aromatic rings. The fourth-order valence-corrected chi connectivity index (χ4v) is 2.94.